The van der Waals surface area contributed by atoms with E-state index in [-0.39, 0.29) is 11.6 Å². The van der Waals surface area contributed by atoms with Crippen LogP contribution >= 0.6 is 0 Å². The zero-order chi connectivity index (χ0) is 16.0. The van der Waals surface area contributed by atoms with Gasteiger partial charge in [0.1, 0.15) is 11.3 Å². The van der Waals surface area contributed by atoms with Gasteiger partial charge in [0, 0.05) is 24.2 Å². The number of fused-ring (bicyclic) bond motifs is 1. The maximum atomic E-state index is 13.7. The lowest BCUT2D eigenvalue weighted by Gasteiger charge is -2.42. The molecular formula is C17H21FN4O. The fourth-order valence-corrected chi connectivity index (χ4v) is 3.77. The van der Waals surface area contributed by atoms with E-state index in [0.29, 0.717) is 10.9 Å². The number of hydrogen-bond acceptors (Lipinski definition) is 3. The van der Waals surface area contributed by atoms with Crippen molar-refractivity contribution < 1.29 is 9.18 Å². The molecule has 1 saturated carbocycles. The predicted octanol–water partition coefficient (Wildman–Crippen LogP) is 2.46. The molecule has 1 unspecified atom stereocenters. The SMILES string of the molecule is NC(=O)c1cc(F)cc2cn(C3CCCN(C4CCC4)C3)nc12. The first kappa shape index (κ1) is 14.6. The zero-order valence-corrected chi connectivity index (χ0v) is 13.0. The molecule has 4 rings (SSSR count). The average molecular weight is 316 g/mol. The smallest absolute Gasteiger partial charge is 0.251 e. The first-order valence-corrected chi connectivity index (χ1v) is 8.34. The number of halogens is 1. The minimum Gasteiger partial charge on any atom is -0.366 e. The largest absolute Gasteiger partial charge is 0.366 e. The number of carbonyl (C=O) groups excluding carboxylic acids is 1. The second-order valence-electron chi connectivity index (χ2n) is 6.74. The molecule has 122 valence electrons. The highest BCUT2D eigenvalue weighted by Gasteiger charge is 2.30. The summed E-state index contributed by atoms with van der Waals surface area (Å²) < 4.78 is 15.6. The summed E-state index contributed by atoms with van der Waals surface area (Å²) in [6.45, 7) is 2.14. The van der Waals surface area contributed by atoms with Gasteiger partial charge in [-0.1, -0.05) is 6.42 Å². The summed E-state index contributed by atoms with van der Waals surface area (Å²) in [5.41, 5.74) is 6.02. The van der Waals surface area contributed by atoms with Gasteiger partial charge in [-0.25, -0.2) is 4.39 Å². The van der Waals surface area contributed by atoms with Crippen LogP contribution in [0.2, 0.25) is 0 Å². The number of nitrogens with two attached hydrogens (primary N) is 1. The summed E-state index contributed by atoms with van der Waals surface area (Å²) in [7, 11) is 0. The monoisotopic (exact) mass is 316 g/mol. The van der Waals surface area contributed by atoms with Crippen molar-refractivity contribution >= 4 is 16.8 Å². The zero-order valence-electron chi connectivity index (χ0n) is 13.0. The molecule has 1 aliphatic heterocycles. The molecule has 23 heavy (non-hydrogen) atoms. The molecule has 0 bridgehead atoms. The van der Waals surface area contributed by atoms with Gasteiger partial charge in [-0.15, -0.1) is 0 Å². The Hall–Kier alpha value is -1.95. The molecule has 2 aliphatic rings. The quantitative estimate of drug-likeness (QED) is 0.946. The lowest BCUT2D eigenvalue weighted by Crippen LogP contribution is -2.46. The van der Waals surface area contributed by atoms with Gasteiger partial charge in [0.2, 0.25) is 0 Å². The number of likely N-dealkylation sites (tertiary alicyclic amines) is 1. The first-order valence-electron chi connectivity index (χ1n) is 8.34. The number of primary amides is 1. The molecule has 1 aromatic carbocycles. The van der Waals surface area contributed by atoms with Gasteiger partial charge >= 0.3 is 0 Å². The van der Waals surface area contributed by atoms with Crippen molar-refractivity contribution in [3.8, 4) is 0 Å². The first-order chi connectivity index (χ1) is 11.1. The molecule has 1 atom stereocenters. The van der Waals surface area contributed by atoms with Crippen molar-refractivity contribution in [1.29, 1.82) is 0 Å². The third-order valence-electron chi connectivity index (χ3n) is 5.25. The fourth-order valence-electron chi connectivity index (χ4n) is 3.77. The Kier molecular flexibility index (Phi) is 3.56. The van der Waals surface area contributed by atoms with Crippen LogP contribution in [0.25, 0.3) is 10.9 Å². The molecule has 1 amide bonds. The molecule has 6 heteroatoms. The van der Waals surface area contributed by atoms with Gasteiger partial charge in [0.25, 0.3) is 5.91 Å². The number of hydrogen-bond donors (Lipinski definition) is 1. The van der Waals surface area contributed by atoms with E-state index in [1.54, 1.807) is 0 Å². The summed E-state index contributed by atoms with van der Waals surface area (Å²) >= 11 is 0. The maximum Gasteiger partial charge on any atom is 0.251 e. The minimum absolute atomic E-state index is 0.158. The number of carbonyl (C=O) groups is 1. The Morgan fingerprint density at radius 1 is 1.22 bits per heavy atom. The predicted molar refractivity (Wildman–Crippen MR) is 85.7 cm³/mol. The van der Waals surface area contributed by atoms with Gasteiger partial charge in [0.15, 0.2) is 0 Å². The lowest BCUT2D eigenvalue weighted by atomic mass is 9.89. The Balaban J connectivity index is 1.66. The number of nitrogens with zero attached hydrogens (tertiary/aromatic N) is 3. The third-order valence-corrected chi connectivity index (χ3v) is 5.25. The highest BCUT2D eigenvalue weighted by molar-refractivity contribution is 6.04. The van der Waals surface area contributed by atoms with Crippen LogP contribution in [0.15, 0.2) is 18.3 Å². The summed E-state index contributed by atoms with van der Waals surface area (Å²) in [5.74, 6) is -1.09. The molecule has 1 saturated heterocycles. The summed E-state index contributed by atoms with van der Waals surface area (Å²) in [6.07, 6.45) is 7.98. The molecule has 2 fully saturated rings. The molecule has 0 radical (unpaired) electrons. The second kappa shape index (κ2) is 5.60. The molecule has 2 N–H and O–H groups in total. The molecule has 5 nitrogen and oxygen atoms in total. The molecule has 0 spiro atoms. The van der Waals surface area contributed by atoms with E-state index in [0.717, 1.165) is 32.0 Å². The molecule has 2 aromatic rings. The maximum absolute atomic E-state index is 13.7. The third kappa shape index (κ3) is 2.61. The van der Waals surface area contributed by atoms with Gasteiger partial charge in [-0.3, -0.25) is 14.4 Å². The van der Waals surface area contributed by atoms with Crippen molar-refractivity contribution in [2.24, 2.45) is 5.73 Å². The van der Waals surface area contributed by atoms with E-state index in [1.807, 2.05) is 10.9 Å². The highest BCUT2D eigenvalue weighted by Crippen LogP contribution is 2.31. The van der Waals surface area contributed by atoms with Gasteiger partial charge in [0.05, 0.1) is 11.6 Å². The molecule has 2 heterocycles. The van der Waals surface area contributed by atoms with Crippen molar-refractivity contribution in [1.82, 2.24) is 14.7 Å². The van der Waals surface area contributed by atoms with Crippen LogP contribution in [0, 0.1) is 5.82 Å². The summed E-state index contributed by atoms with van der Waals surface area (Å²) in [6, 6.07) is 3.59. The van der Waals surface area contributed by atoms with Crippen LogP contribution in [0.5, 0.6) is 0 Å². The Morgan fingerprint density at radius 3 is 2.70 bits per heavy atom. The van der Waals surface area contributed by atoms with Crippen LogP contribution in [-0.2, 0) is 0 Å². The second-order valence-corrected chi connectivity index (χ2v) is 6.74. The van der Waals surface area contributed by atoms with E-state index in [2.05, 4.69) is 10.00 Å². The number of rotatable bonds is 3. The van der Waals surface area contributed by atoms with E-state index < -0.39 is 11.7 Å². The van der Waals surface area contributed by atoms with Crippen molar-refractivity contribution in [2.45, 2.75) is 44.2 Å². The molecule has 1 aliphatic carbocycles. The standard InChI is InChI=1S/C17H21FN4O/c18-12-7-11-9-22(20-16(11)15(8-12)17(19)23)14-5-2-6-21(10-14)13-3-1-4-13/h7-9,13-14H,1-6,10H2,(H2,19,23). The van der Waals surface area contributed by atoms with Crippen LogP contribution < -0.4 is 5.73 Å². The van der Waals surface area contributed by atoms with Crippen molar-refractivity contribution in [3.63, 3.8) is 0 Å². The molecular weight excluding hydrogens is 295 g/mol. The van der Waals surface area contributed by atoms with Crippen molar-refractivity contribution in [3.05, 3.63) is 29.7 Å². The van der Waals surface area contributed by atoms with E-state index in [9.17, 15) is 9.18 Å². The van der Waals surface area contributed by atoms with Crippen LogP contribution in [0.3, 0.4) is 0 Å². The fraction of sp³-hybridized carbons (Fsp3) is 0.529. The van der Waals surface area contributed by atoms with E-state index >= 15 is 0 Å². The average Bonchev–Trinajstić information content (AvgIpc) is 2.88. The van der Waals surface area contributed by atoms with E-state index in [1.165, 1.54) is 31.4 Å². The lowest BCUT2D eigenvalue weighted by molar-refractivity contribution is 0.0767. The van der Waals surface area contributed by atoms with Gasteiger partial charge in [-0.2, -0.15) is 5.10 Å². The van der Waals surface area contributed by atoms with Crippen molar-refractivity contribution in [2.75, 3.05) is 13.1 Å². The molecule has 1 aromatic heterocycles. The van der Waals surface area contributed by atoms with Gasteiger partial charge in [-0.05, 0) is 44.4 Å². The normalized spacial score (nSPS) is 23.1. The highest BCUT2D eigenvalue weighted by atomic mass is 19.1. The Morgan fingerprint density at radius 2 is 2.00 bits per heavy atom. The Labute approximate surface area is 134 Å². The van der Waals surface area contributed by atoms with Crippen LogP contribution in [0.4, 0.5) is 4.39 Å². The van der Waals surface area contributed by atoms with E-state index in [4.69, 9.17) is 5.73 Å². The number of amides is 1. The van der Waals surface area contributed by atoms with Gasteiger partial charge < -0.3 is 5.73 Å². The number of aromatic nitrogens is 2. The minimum atomic E-state index is -0.639. The van der Waals surface area contributed by atoms with Crippen LogP contribution in [-0.4, -0.2) is 39.7 Å². The summed E-state index contributed by atoms with van der Waals surface area (Å²) in [5, 5.41) is 5.20. The topological polar surface area (TPSA) is 64.2 Å². The summed E-state index contributed by atoms with van der Waals surface area (Å²) in [4.78, 5) is 14.1. The number of piperidine rings is 1. The van der Waals surface area contributed by atoms with Crippen LogP contribution in [0.1, 0.15) is 48.5 Å². The Bertz CT molecular complexity index is 752. The number of benzene rings is 1.